The van der Waals surface area contributed by atoms with Crippen molar-refractivity contribution in [2.45, 2.75) is 24.8 Å². The van der Waals surface area contributed by atoms with E-state index in [1.54, 1.807) is 38.1 Å². The lowest BCUT2D eigenvalue weighted by molar-refractivity contribution is 0.102. The first-order valence-corrected chi connectivity index (χ1v) is 9.38. The SMILES string of the molecule is CC(C)NS(=O)(=O)c1cccc(C(=O)Nc2ccc(N(C)C)cc2)c1. The first-order chi connectivity index (χ1) is 11.7. The number of hydrogen-bond donors (Lipinski definition) is 2. The van der Waals surface area contributed by atoms with E-state index < -0.39 is 10.0 Å². The molecule has 2 rings (SSSR count). The summed E-state index contributed by atoms with van der Waals surface area (Å²) in [5.74, 6) is -0.362. The Morgan fingerprint density at radius 3 is 2.24 bits per heavy atom. The van der Waals surface area contributed by atoms with Crippen LogP contribution in [0.4, 0.5) is 11.4 Å². The molecule has 2 N–H and O–H groups in total. The van der Waals surface area contributed by atoms with Gasteiger partial charge in [0, 0.05) is 37.1 Å². The van der Waals surface area contributed by atoms with Crippen LogP contribution < -0.4 is 14.9 Å². The molecule has 134 valence electrons. The fourth-order valence-electron chi connectivity index (χ4n) is 2.23. The number of nitrogens with one attached hydrogen (secondary N) is 2. The molecule has 2 aromatic carbocycles. The second-order valence-corrected chi connectivity index (χ2v) is 7.91. The molecule has 0 aromatic heterocycles. The topological polar surface area (TPSA) is 78.5 Å². The monoisotopic (exact) mass is 361 g/mol. The summed E-state index contributed by atoms with van der Waals surface area (Å²) in [5.41, 5.74) is 1.94. The lowest BCUT2D eigenvalue weighted by Gasteiger charge is -2.13. The van der Waals surface area contributed by atoms with E-state index >= 15 is 0 Å². The molecule has 0 aliphatic carbocycles. The van der Waals surface area contributed by atoms with Crippen molar-refractivity contribution >= 4 is 27.3 Å². The van der Waals surface area contributed by atoms with Crippen LogP contribution in [0.3, 0.4) is 0 Å². The number of anilines is 2. The van der Waals surface area contributed by atoms with E-state index in [1.165, 1.54) is 12.1 Å². The lowest BCUT2D eigenvalue weighted by atomic mass is 10.2. The molecule has 2 aromatic rings. The third-order valence-electron chi connectivity index (χ3n) is 3.44. The van der Waals surface area contributed by atoms with Gasteiger partial charge in [-0.2, -0.15) is 0 Å². The number of benzene rings is 2. The van der Waals surface area contributed by atoms with Crippen LogP contribution in [-0.4, -0.2) is 34.5 Å². The first kappa shape index (κ1) is 19.0. The van der Waals surface area contributed by atoms with Crippen LogP contribution >= 0.6 is 0 Å². The largest absolute Gasteiger partial charge is 0.378 e. The van der Waals surface area contributed by atoms with Crippen LogP contribution in [0.15, 0.2) is 53.4 Å². The number of carbonyl (C=O) groups excluding carboxylic acids is 1. The van der Waals surface area contributed by atoms with Gasteiger partial charge in [0.2, 0.25) is 10.0 Å². The highest BCUT2D eigenvalue weighted by atomic mass is 32.2. The molecular formula is C18H23N3O3S. The fraction of sp³-hybridized carbons (Fsp3) is 0.278. The van der Waals surface area contributed by atoms with E-state index in [-0.39, 0.29) is 22.4 Å². The van der Waals surface area contributed by atoms with E-state index in [4.69, 9.17) is 0 Å². The Labute approximate surface area is 148 Å². The van der Waals surface area contributed by atoms with Gasteiger partial charge in [-0.15, -0.1) is 0 Å². The van der Waals surface area contributed by atoms with Crippen molar-refractivity contribution in [3.8, 4) is 0 Å². The lowest BCUT2D eigenvalue weighted by Crippen LogP contribution is -2.30. The van der Waals surface area contributed by atoms with Crippen LogP contribution in [0.1, 0.15) is 24.2 Å². The molecule has 1 amide bonds. The summed E-state index contributed by atoms with van der Waals surface area (Å²) in [6.07, 6.45) is 0. The second-order valence-electron chi connectivity index (χ2n) is 6.20. The summed E-state index contributed by atoms with van der Waals surface area (Å²) >= 11 is 0. The highest BCUT2D eigenvalue weighted by Crippen LogP contribution is 2.17. The Balaban J connectivity index is 2.18. The molecule has 0 saturated carbocycles. The predicted molar refractivity (Wildman–Crippen MR) is 101 cm³/mol. The molecule has 0 aliphatic heterocycles. The number of nitrogens with zero attached hydrogens (tertiary/aromatic N) is 1. The third-order valence-corrected chi connectivity index (χ3v) is 5.10. The minimum absolute atomic E-state index is 0.0665. The zero-order chi connectivity index (χ0) is 18.6. The minimum Gasteiger partial charge on any atom is -0.378 e. The Morgan fingerprint density at radius 1 is 1.04 bits per heavy atom. The van der Waals surface area contributed by atoms with Gasteiger partial charge in [0.05, 0.1) is 4.90 Å². The zero-order valence-electron chi connectivity index (χ0n) is 14.8. The van der Waals surface area contributed by atoms with Gasteiger partial charge in [0.15, 0.2) is 0 Å². The van der Waals surface area contributed by atoms with Gasteiger partial charge >= 0.3 is 0 Å². The van der Waals surface area contributed by atoms with Crippen molar-refractivity contribution in [1.82, 2.24) is 4.72 Å². The molecule has 0 radical (unpaired) electrons. The van der Waals surface area contributed by atoms with Gasteiger partial charge in [-0.1, -0.05) is 6.07 Å². The average molecular weight is 361 g/mol. The molecule has 0 spiro atoms. The highest BCUT2D eigenvalue weighted by Gasteiger charge is 2.17. The second kappa shape index (κ2) is 7.67. The van der Waals surface area contributed by atoms with Crippen molar-refractivity contribution in [1.29, 1.82) is 0 Å². The standard InChI is InChI=1S/C18H23N3O3S/c1-13(2)20-25(23,24)17-7-5-6-14(12-17)18(22)19-15-8-10-16(11-9-15)21(3)4/h5-13,20H,1-4H3,(H,19,22). The summed E-state index contributed by atoms with van der Waals surface area (Å²) in [5, 5.41) is 2.77. The van der Waals surface area contributed by atoms with Gasteiger partial charge in [-0.3, -0.25) is 4.79 Å². The van der Waals surface area contributed by atoms with E-state index in [0.717, 1.165) is 5.69 Å². The normalized spacial score (nSPS) is 11.4. The van der Waals surface area contributed by atoms with E-state index in [2.05, 4.69) is 10.0 Å². The van der Waals surface area contributed by atoms with E-state index in [9.17, 15) is 13.2 Å². The van der Waals surface area contributed by atoms with Crippen LogP contribution in [0.5, 0.6) is 0 Å². The van der Waals surface area contributed by atoms with Gasteiger partial charge in [0.25, 0.3) is 5.91 Å². The molecule has 0 atom stereocenters. The Hall–Kier alpha value is -2.38. The molecule has 0 bridgehead atoms. The van der Waals surface area contributed by atoms with Crippen molar-refractivity contribution < 1.29 is 13.2 Å². The summed E-state index contributed by atoms with van der Waals surface area (Å²) in [6.45, 7) is 3.48. The number of hydrogen-bond acceptors (Lipinski definition) is 4. The summed E-state index contributed by atoms with van der Waals surface area (Å²) in [4.78, 5) is 14.4. The van der Waals surface area contributed by atoms with Crippen LogP contribution in [0.2, 0.25) is 0 Å². The molecule has 25 heavy (non-hydrogen) atoms. The molecule has 7 heteroatoms. The molecule has 0 saturated heterocycles. The Bertz CT molecular complexity index is 844. The van der Waals surface area contributed by atoms with Gasteiger partial charge in [-0.25, -0.2) is 13.1 Å². The van der Waals surface area contributed by atoms with Crippen LogP contribution in [0.25, 0.3) is 0 Å². The maximum absolute atomic E-state index is 12.4. The summed E-state index contributed by atoms with van der Waals surface area (Å²) < 4.78 is 27.0. The van der Waals surface area contributed by atoms with Crippen molar-refractivity contribution in [3.63, 3.8) is 0 Å². The van der Waals surface area contributed by atoms with Crippen LogP contribution in [0, 0.1) is 0 Å². The molecule has 0 heterocycles. The van der Waals surface area contributed by atoms with Gasteiger partial charge in [0.1, 0.15) is 0 Å². The maximum Gasteiger partial charge on any atom is 0.255 e. The van der Waals surface area contributed by atoms with Crippen molar-refractivity contribution in [2.75, 3.05) is 24.3 Å². The number of rotatable bonds is 6. The molecule has 0 unspecified atom stereocenters. The third kappa shape index (κ3) is 5.04. The zero-order valence-corrected chi connectivity index (χ0v) is 15.6. The Morgan fingerprint density at radius 2 is 1.68 bits per heavy atom. The van der Waals surface area contributed by atoms with E-state index in [0.29, 0.717) is 5.69 Å². The van der Waals surface area contributed by atoms with Crippen LogP contribution in [-0.2, 0) is 10.0 Å². The highest BCUT2D eigenvalue weighted by molar-refractivity contribution is 7.89. The quantitative estimate of drug-likeness (QED) is 0.829. The summed E-state index contributed by atoms with van der Waals surface area (Å²) in [7, 11) is 0.231. The van der Waals surface area contributed by atoms with Crippen molar-refractivity contribution in [2.24, 2.45) is 0 Å². The summed E-state index contributed by atoms with van der Waals surface area (Å²) in [6, 6.07) is 13.1. The molecule has 0 aliphatic rings. The van der Waals surface area contributed by atoms with Gasteiger partial charge < -0.3 is 10.2 Å². The fourth-order valence-corrected chi connectivity index (χ4v) is 3.53. The molecule has 0 fully saturated rings. The minimum atomic E-state index is -3.64. The smallest absolute Gasteiger partial charge is 0.255 e. The first-order valence-electron chi connectivity index (χ1n) is 7.90. The maximum atomic E-state index is 12.4. The number of sulfonamides is 1. The number of carbonyl (C=O) groups is 1. The van der Waals surface area contributed by atoms with Gasteiger partial charge in [-0.05, 0) is 56.3 Å². The predicted octanol–water partition coefficient (Wildman–Crippen LogP) is 2.69. The Kier molecular flexibility index (Phi) is 5.81. The van der Waals surface area contributed by atoms with E-state index in [1.807, 2.05) is 31.1 Å². The van der Waals surface area contributed by atoms with Crippen molar-refractivity contribution in [3.05, 3.63) is 54.1 Å². The average Bonchev–Trinajstić information content (AvgIpc) is 2.54. The molecular weight excluding hydrogens is 338 g/mol. The number of amides is 1. The molecule has 6 nitrogen and oxygen atoms in total.